The van der Waals surface area contributed by atoms with Gasteiger partial charge in [0.05, 0.1) is 11.4 Å². The lowest BCUT2D eigenvalue weighted by Crippen LogP contribution is -2.21. The van der Waals surface area contributed by atoms with Crippen LogP contribution in [0.15, 0.2) is 47.6 Å². The molecular formula is C19H18N4O3. The number of allylic oxidation sites excluding steroid dienone is 1. The van der Waals surface area contributed by atoms with Crippen LogP contribution in [0.5, 0.6) is 11.5 Å². The fourth-order valence-electron chi connectivity index (χ4n) is 3.12. The zero-order valence-electron chi connectivity index (χ0n) is 14.0. The van der Waals surface area contributed by atoms with Gasteiger partial charge in [-0.15, -0.1) is 0 Å². The number of hydrogen-bond acceptors (Lipinski definition) is 6. The molecule has 1 aliphatic heterocycles. The summed E-state index contributed by atoms with van der Waals surface area (Å²) in [6.45, 7) is 0.186. The number of ether oxygens (including phenoxy) is 2. The molecule has 0 fully saturated rings. The number of aryl methyl sites for hydroxylation is 1. The van der Waals surface area contributed by atoms with Crippen molar-refractivity contribution in [3.05, 3.63) is 53.6 Å². The van der Waals surface area contributed by atoms with E-state index in [0.717, 1.165) is 36.0 Å². The predicted molar refractivity (Wildman–Crippen MR) is 99.9 cm³/mol. The number of carbonyl (C=O) groups excluding carboxylic acids is 1. The van der Waals surface area contributed by atoms with E-state index in [1.807, 2.05) is 36.4 Å². The maximum atomic E-state index is 11.3. The lowest BCUT2D eigenvalue weighted by Gasteiger charge is -2.27. The average Bonchev–Trinajstić information content (AvgIpc) is 3.09. The first kappa shape index (κ1) is 16.0. The first-order valence-corrected chi connectivity index (χ1v) is 8.24. The molecule has 0 saturated heterocycles. The van der Waals surface area contributed by atoms with Crippen molar-refractivity contribution in [1.82, 2.24) is 0 Å². The number of nitrogen functional groups attached to an aromatic ring is 1. The van der Waals surface area contributed by atoms with Gasteiger partial charge in [0.1, 0.15) is 6.21 Å². The van der Waals surface area contributed by atoms with Gasteiger partial charge in [0.2, 0.25) is 6.79 Å². The van der Waals surface area contributed by atoms with E-state index in [1.165, 1.54) is 5.56 Å². The highest BCUT2D eigenvalue weighted by molar-refractivity contribution is 6.25. The minimum atomic E-state index is -0.625. The molecule has 4 N–H and O–H groups in total. The van der Waals surface area contributed by atoms with Crippen molar-refractivity contribution in [1.29, 1.82) is 0 Å². The van der Waals surface area contributed by atoms with Crippen LogP contribution in [0, 0.1) is 0 Å². The minimum Gasteiger partial charge on any atom is -0.454 e. The summed E-state index contributed by atoms with van der Waals surface area (Å²) >= 11 is 0. The van der Waals surface area contributed by atoms with Gasteiger partial charge in [-0.25, -0.2) is 5.01 Å². The number of anilines is 2. The van der Waals surface area contributed by atoms with Crippen molar-refractivity contribution < 1.29 is 14.3 Å². The second-order valence-corrected chi connectivity index (χ2v) is 6.04. The van der Waals surface area contributed by atoms with Crippen LogP contribution in [-0.2, 0) is 11.2 Å². The molecule has 26 heavy (non-hydrogen) atoms. The molecule has 0 atom stereocenters. The van der Waals surface area contributed by atoms with Gasteiger partial charge in [-0.1, -0.05) is 12.1 Å². The summed E-state index contributed by atoms with van der Waals surface area (Å²) in [7, 11) is 0. The van der Waals surface area contributed by atoms with Gasteiger partial charge in [-0.3, -0.25) is 4.79 Å². The molecule has 0 bridgehead atoms. The summed E-state index contributed by atoms with van der Waals surface area (Å²) in [5.74, 6) is 0.681. The zero-order chi connectivity index (χ0) is 18.1. The summed E-state index contributed by atoms with van der Waals surface area (Å²) in [5, 5.41) is 5.97. The van der Waals surface area contributed by atoms with Crippen LogP contribution < -0.4 is 25.9 Å². The van der Waals surface area contributed by atoms with E-state index < -0.39 is 5.91 Å². The number of hydrazone groups is 1. The molecule has 0 spiro atoms. The molecule has 2 aromatic carbocycles. The number of amides is 1. The third-order valence-corrected chi connectivity index (χ3v) is 4.29. The Hall–Kier alpha value is -3.48. The summed E-state index contributed by atoms with van der Waals surface area (Å²) in [5.41, 5.74) is 15.6. The van der Waals surface area contributed by atoms with Crippen molar-refractivity contribution in [2.24, 2.45) is 10.8 Å². The topological polar surface area (TPSA) is 103 Å². The fraction of sp³-hybridized carbons (Fsp3) is 0.158. The van der Waals surface area contributed by atoms with Gasteiger partial charge < -0.3 is 20.9 Å². The Bertz CT molecular complexity index is 936. The van der Waals surface area contributed by atoms with Crippen LogP contribution in [0.2, 0.25) is 0 Å². The third kappa shape index (κ3) is 2.95. The Morgan fingerprint density at radius 3 is 2.85 bits per heavy atom. The van der Waals surface area contributed by atoms with E-state index in [0.29, 0.717) is 17.2 Å². The quantitative estimate of drug-likeness (QED) is 0.500. The molecule has 1 heterocycles. The molecule has 4 rings (SSSR count). The maximum absolute atomic E-state index is 11.3. The van der Waals surface area contributed by atoms with Crippen LogP contribution in [0.3, 0.4) is 0 Å². The lowest BCUT2D eigenvalue weighted by atomic mass is 9.93. The zero-order valence-corrected chi connectivity index (χ0v) is 14.0. The summed E-state index contributed by atoms with van der Waals surface area (Å²) in [6.07, 6.45) is 4.95. The Morgan fingerprint density at radius 2 is 2.00 bits per heavy atom. The van der Waals surface area contributed by atoms with E-state index in [-0.39, 0.29) is 6.79 Å². The van der Waals surface area contributed by atoms with Crippen LogP contribution in [0.25, 0.3) is 5.70 Å². The molecule has 2 aromatic rings. The molecule has 2 aliphatic rings. The number of rotatable bonds is 4. The van der Waals surface area contributed by atoms with Gasteiger partial charge in [-0.05, 0) is 42.7 Å². The molecule has 0 saturated carbocycles. The highest BCUT2D eigenvalue weighted by atomic mass is 16.7. The van der Waals surface area contributed by atoms with E-state index in [2.05, 4.69) is 11.2 Å². The highest BCUT2D eigenvalue weighted by Gasteiger charge is 2.22. The molecule has 7 heteroatoms. The van der Waals surface area contributed by atoms with Crippen LogP contribution >= 0.6 is 0 Å². The number of carbonyl (C=O) groups is 1. The maximum Gasteiger partial charge on any atom is 0.261 e. The van der Waals surface area contributed by atoms with E-state index >= 15 is 0 Å². The van der Waals surface area contributed by atoms with Gasteiger partial charge in [0.15, 0.2) is 11.5 Å². The van der Waals surface area contributed by atoms with Crippen molar-refractivity contribution in [3.63, 3.8) is 0 Å². The Balaban J connectivity index is 1.81. The summed E-state index contributed by atoms with van der Waals surface area (Å²) < 4.78 is 10.8. The second-order valence-electron chi connectivity index (χ2n) is 6.04. The van der Waals surface area contributed by atoms with Crippen LogP contribution in [0.4, 0.5) is 11.4 Å². The van der Waals surface area contributed by atoms with Gasteiger partial charge in [-0.2, -0.15) is 5.10 Å². The number of nitrogens with two attached hydrogens (primary N) is 2. The number of nitrogens with zero attached hydrogens (tertiary/aromatic N) is 2. The number of benzene rings is 2. The second kappa shape index (κ2) is 6.44. The number of primary amides is 1. The van der Waals surface area contributed by atoms with Crippen LogP contribution in [-0.4, -0.2) is 18.9 Å². The molecule has 0 unspecified atom stereocenters. The van der Waals surface area contributed by atoms with Crippen LogP contribution in [0.1, 0.15) is 17.5 Å². The normalized spacial score (nSPS) is 14.8. The van der Waals surface area contributed by atoms with Crippen molar-refractivity contribution in [3.8, 4) is 11.5 Å². The fourth-order valence-corrected chi connectivity index (χ4v) is 3.12. The predicted octanol–water partition coefficient (Wildman–Crippen LogP) is 2.26. The molecular weight excluding hydrogens is 332 g/mol. The van der Waals surface area contributed by atoms with Gasteiger partial charge in [0, 0.05) is 17.3 Å². The van der Waals surface area contributed by atoms with Gasteiger partial charge >= 0.3 is 0 Å². The van der Waals surface area contributed by atoms with Crippen molar-refractivity contribution >= 4 is 29.2 Å². The first-order chi connectivity index (χ1) is 12.6. The van der Waals surface area contributed by atoms with E-state index in [1.54, 1.807) is 5.01 Å². The summed E-state index contributed by atoms with van der Waals surface area (Å²) in [4.78, 5) is 11.3. The lowest BCUT2D eigenvalue weighted by molar-refractivity contribution is -0.111. The Kier molecular flexibility index (Phi) is 3.96. The third-order valence-electron chi connectivity index (χ3n) is 4.29. The SMILES string of the molecule is NC(=O)/C=N/N(C1=CCCc2ccc(N)cc21)c1ccc2c(c1)OCO2. The minimum absolute atomic E-state index is 0.186. The highest BCUT2D eigenvalue weighted by Crippen LogP contribution is 2.39. The molecule has 0 aromatic heterocycles. The smallest absolute Gasteiger partial charge is 0.261 e. The molecule has 132 valence electrons. The molecule has 0 radical (unpaired) electrons. The van der Waals surface area contributed by atoms with E-state index in [4.69, 9.17) is 20.9 Å². The van der Waals surface area contributed by atoms with E-state index in [9.17, 15) is 4.79 Å². The first-order valence-electron chi connectivity index (χ1n) is 8.24. The Morgan fingerprint density at radius 1 is 1.15 bits per heavy atom. The summed E-state index contributed by atoms with van der Waals surface area (Å²) in [6, 6.07) is 11.3. The number of hydrogen-bond donors (Lipinski definition) is 2. The standard InChI is InChI=1S/C19H18N4O3/c20-13-5-4-12-2-1-3-16(15(12)8-13)23(22-10-19(21)24)14-6-7-17-18(9-14)26-11-25-17/h3-10H,1-2,11,20H2,(H2,21,24)/b22-10+. The van der Waals surface area contributed by atoms with Gasteiger partial charge in [0.25, 0.3) is 5.91 Å². The number of fused-ring (bicyclic) bond motifs is 2. The molecule has 1 amide bonds. The Labute approximate surface area is 150 Å². The van der Waals surface area contributed by atoms with Crippen molar-refractivity contribution in [2.75, 3.05) is 17.5 Å². The monoisotopic (exact) mass is 350 g/mol. The van der Waals surface area contributed by atoms with Crippen molar-refractivity contribution in [2.45, 2.75) is 12.8 Å². The largest absolute Gasteiger partial charge is 0.454 e. The average molecular weight is 350 g/mol. The molecule has 7 nitrogen and oxygen atoms in total. The molecule has 1 aliphatic carbocycles.